The molecule has 0 fully saturated rings. The minimum Gasteiger partial charge on any atom is -0.272 e. The molecule has 2 aliphatic heterocycles. The van der Waals surface area contributed by atoms with Gasteiger partial charge < -0.3 is 0 Å². The van der Waals surface area contributed by atoms with Gasteiger partial charge in [-0.2, -0.15) is 5.12 Å². The maximum absolute atomic E-state index is 2.22. The molecule has 0 amide bonds. The Balaban J connectivity index is 2.16. The van der Waals surface area contributed by atoms with E-state index < -0.39 is 0 Å². The molecule has 0 N–H and O–H groups in total. The first kappa shape index (κ1) is 8.23. The van der Waals surface area contributed by atoms with Crippen molar-refractivity contribution in [3.05, 3.63) is 36.4 Å². The van der Waals surface area contributed by atoms with Crippen LogP contribution in [0.25, 0.3) is 0 Å². The maximum atomic E-state index is 2.22. The molecule has 0 radical (unpaired) electrons. The molecule has 3 nitrogen and oxygen atoms in total. The molecule has 0 aromatic carbocycles. The summed E-state index contributed by atoms with van der Waals surface area (Å²) < 4.78 is 0. The minimum atomic E-state index is 1.06. The zero-order chi connectivity index (χ0) is 9.26. The Kier molecular flexibility index (Phi) is 2.00. The fourth-order valence-electron chi connectivity index (χ4n) is 1.64. The third-order valence-corrected chi connectivity index (χ3v) is 2.20. The summed E-state index contributed by atoms with van der Waals surface area (Å²) in [5.41, 5.74) is 1.25. The largest absolute Gasteiger partial charge is 0.272 e. The van der Waals surface area contributed by atoms with Crippen molar-refractivity contribution in [2.75, 3.05) is 6.54 Å². The second kappa shape index (κ2) is 3.17. The zero-order valence-electron chi connectivity index (χ0n) is 8.14. The second-order valence-corrected chi connectivity index (χ2v) is 3.28. The molecule has 2 heterocycles. The molecular formula is C10H15N3. The lowest BCUT2D eigenvalue weighted by Crippen LogP contribution is -2.41. The first-order valence-corrected chi connectivity index (χ1v) is 4.71. The molecule has 0 saturated carbocycles. The van der Waals surface area contributed by atoms with Crippen LogP contribution in [-0.4, -0.2) is 21.7 Å². The number of nitrogens with zero attached hydrogens (tertiary/aromatic N) is 3. The highest BCUT2D eigenvalue weighted by Crippen LogP contribution is 2.23. The standard InChI is InChI=1S/C10H15N3/c1-3-6-11-8-9-12-7-4-5-10(2)13(11)12/h4-5,7-9H,3,6H2,1-2H3. The van der Waals surface area contributed by atoms with E-state index in [1.165, 1.54) is 5.70 Å². The summed E-state index contributed by atoms with van der Waals surface area (Å²) in [6, 6.07) is 0. The molecule has 2 rings (SSSR count). The van der Waals surface area contributed by atoms with Gasteiger partial charge in [-0.15, -0.1) is 0 Å². The van der Waals surface area contributed by atoms with Crippen molar-refractivity contribution >= 4 is 0 Å². The topological polar surface area (TPSA) is 9.72 Å². The number of allylic oxidation sites excluding steroid dienone is 3. The molecule has 0 aromatic heterocycles. The summed E-state index contributed by atoms with van der Waals surface area (Å²) in [4.78, 5) is 0. The third-order valence-electron chi connectivity index (χ3n) is 2.20. The Morgan fingerprint density at radius 3 is 2.85 bits per heavy atom. The molecule has 0 bridgehead atoms. The van der Waals surface area contributed by atoms with Crippen molar-refractivity contribution in [2.45, 2.75) is 20.3 Å². The Bertz CT molecular complexity index is 278. The van der Waals surface area contributed by atoms with Gasteiger partial charge in [-0.25, -0.2) is 5.01 Å². The van der Waals surface area contributed by atoms with Crippen molar-refractivity contribution in [1.29, 1.82) is 0 Å². The van der Waals surface area contributed by atoms with Gasteiger partial charge in [0.2, 0.25) is 0 Å². The summed E-state index contributed by atoms with van der Waals surface area (Å²) in [6.45, 7) is 5.37. The molecule has 0 unspecified atom stereocenters. The highest BCUT2D eigenvalue weighted by molar-refractivity contribution is 5.17. The van der Waals surface area contributed by atoms with E-state index in [9.17, 15) is 0 Å². The molecule has 2 aliphatic rings. The number of fused-ring (bicyclic) bond motifs is 1. The van der Waals surface area contributed by atoms with Crippen molar-refractivity contribution in [2.24, 2.45) is 0 Å². The van der Waals surface area contributed by atoms with Crippen molar-refractivity contribution in [3.8, 4) is 0 Å². The summed E-state index contributed by atoms with van der Waals surface area (Å²) in [7, 11) is 0. The summed E-state index contributed by atoms with van der Waals surface area (Å²) in [6.07, 6.45) is 11.6. The van der Waals surface area contributed by atoms with E-state index in [1.54, 1.807) is 0 Å². The van der Waals surface area contributed by atoms with Gasteiger partial charge >= 0.3 is 0 Å². The van der Waals surface area contributed by atoms with Gasteiger partial charge in [-0.1, -0.05) is 6.92 Å². The third kappa shape index (κ3) is 1.30. The molecule has 70 valence electrons. The van der Waals surface area contributed by atoms with Gasteiger partial charge in [0.25, 0.3) is 0 Å². The van der Waals surface area contributed by atoms with Gasteiger partial charge in [0.1, 0.15) is 0 Å². The van der Waals surface area contributed by atoms with Crippen LogP contribution in [0.1, 0.15) is 20.3 Å². The monoisotopic (exact) mass is 177 g/mol. The lowest BCUT2D eigenvalue weighted by molar-refractivity contribution is -0.0481. The van der Waals surface area contributed by atoms with Crippen LogP contribution < -0.4 is 0 Å². The van der Waals surface area contributed by atoms with Crippen LogP contribution in [0.2, 0.25) is 0 Å². The molecule has 0 aromatic rings. The zero-order valence-corrected chi connectivity index (χ0v) is 8.14. The molecule has 0 spiro atoms. The van der Waals surface area contributed by atoms with E-state index in [-0.39, 0.29) is 0 Å². The second-order valence-electron chi connectivity index (χ2n) is 3.28. The van der Waals surface area contributed by atoms with Crippen molar-refractivity contribution in [1.82, 2.24) is 15.1 Å². The average molecular weight is 177 g/mol. The molecule has 13 heavy (non-hydrogen) atoms. The Morgan fingerprint density at radius 2 is 2.08 bits per heavy atom. The van der Waals surface area contributed by atoms with Crippen LogP contribution in [0.15, 0.2) is 36.4 Å². The molecule has 0 saturated heterocycles. The van der Waals surface area contributed by atoms with Crippen LogP contribution in [0.5, 0.6) is 0 Å². The molecule has 3 heteroatoms. The fraction of sp³-hybridized carbons (Fsp3) is 0.400. The van der Waals surface area contributed by atoms with E-state index in [4.69, 9.17) is 0 Å². The highest BCUT2D eigenvalue weighted by Gasteiger charge is 2.22. The summed E-state index contributed by atoms with van der Waals surface area (Å²) in [5, 5.41) is 6.48. The maximum Gasteiger partial charge on any atom is 0.0563 e. The SMILES string of the molecule is CCCN1C=CN2C=CC=C(C)N21. The van der Waals surface area contributed by atoms with Gasteiger partial charge in [0.15, 0.2) is 0 Å². The first-order valence-electron chi connectivity index (χ1n) is 4.71. The highest BCUT2D eigenvalue weighted by atomic mass is 15.9. The Hall–Kier alpha value is -1.38. The lowest BCUT2D eigenvalue weighted by Gasteiger charge is -2.37. The van der Waals surface area contributed by atoms with Crippen LogP contribution in [0.4, 0.5) is 0 Å². The van der Waals surface area contributed by atoms with E-state index in [2.05, 4.69) is 59.7 Å². The van der Waals surface area contributed by atoms with Crippen LogP contribution >= 0.6 is 0 Å². The van der Waals surface area contributed by atoms with Crippen molar-refractivity contribution < 1.29 is 0 Å². The van der Waals surface area contributed by atoms with Crippen LogP contribution in [0.3, 0.4) is 0 Å². The minimum absolute atomic E-state index is 1.06. The molecule has 0 atom stereocenters. The number of hydrazine groups is 2. The molecule has 0 aliphatic carbocycles. The average Bonchev–Trinajstić information content (AvgIpc) is 2.51. The Labute approximate surface area is 79.2 Å². The number of hydrogen-bond donors (Lipinski definition) is 0. The van der Waals surface area contributed by atoms with E-state index in [0.29, 0.717) is 0 Å². The predicted octanol–water partition coefficient (Wildman–Crippen LogP) is 2.05. The van der Waals surface area contributed by atoms with Gasteiger partial charge in [-0.3, -0.25) is 5.01 Å². The van der Waals surface area contributed by atoms with E-state index in [0.717, 1.165) is 13.0 Å². The normalized spacial score (nSPS) is 19.5. The number of rotatable bonds is 2. The van der Waals surface area contributed by atoms with Crippen LogP contribution in [0, 0.1) is 0 Å². The summed E-state index contributed by atoms with van der Waals surface area (Å²) in [5.74, 6) is 0. The van der Waals surface area contributed by atoms with Gasteiger partial charge in [-0.05, 0) is 25.5 Å². The fourth-order valence-corrected chi connectivity index (χ4v) is 1.64. The lowest BCUT2D eigenvalue weighted by atomic mass is 10.4. The van der Waals surface area contributed by atoms with E-state index in [1.807, 2.05) is 0 Å². The smallest absolute Gasteiger partial charge is 0.0563 e. The van der Waals surface area contributed by atoms with Gasteiger partial charge in [0, 0.05) is 25.1 Å². The Morgan fingerprint density at radius 1 is 1.23 bits per heavy atom. The van der Waals surface area contributed by atoms with Crippen LogP contribution in [-0.2, 0) is 0 Å². The molecular weight excluding hydrogens is 162 g/mol. The first-order chi connectivity index (χ1) is 6.33. The predicted molar refractivity (Wildman–Crippen MR) is 52.7 cm³/mol. The van der Waals surface area contributed by atoms with E-state index >= 15 is 0 Å². The number of hydrogen-bond acceptors (Lipinski definition) is 3. The quantitative estimate of drug-likeness (QED) is 0.639. The summed E-state index contributed by atoms with van der Waals surface area (Å²) >= 11 is 0. The van der Waals surface area contributed by atoms with Crippen molar-refractivity contribution in [3.63, 3.8) is 0 Å². The van der Waals surface area contributed by atoms with Gasteiger partial charge in [0.05, 0.1) is 5.70 Å².